The van der Waals surface area contributed by atoms with Gasteiger partial charge in [0.05, 0.1) is 19.8 Å². The van der Waals surface area contributed by atoms with Crippen molar-refractivity contribution in [3.8, 4) is 0 Å². The van der Waals surface area contributed by atoms with Crippen LogP contribution in [0.4, 0.5) is 0 Å². The minimum absolute atomic E-state index is 0.0291. The SMILES string of the molecule is CC/C=C\C/C=C\C/C=C\CCCCCCCCOCC(COC1OC(CO)C(O)C(OS(=O)(=O)O)C1O)OC(=O)CCCCCCCCCCCCCCCCC. The van der Waals surface area contributed by atoms with Gasteiger partial charge < -0.3 is 34.3 Å². The fourth-order valence-corrected chi connectivity index (χ4v) is 7.37. The van der Waals surface area contributed by atoms with E-state index in [2.05, 4.69) is 54.5 Å². The fraction of sp³-hybridized carbons (Fsp3) is 0.844. The molecule has 1 fully saturated rings. The maximum atomic E-state index is 12.8. The van der Waals surface area contributed by atoms with Crippen molar-refractivity contribution in [1.29, 1.82) is 0 Å². The van der Waals surface area contributed by atoms with Gasteiger partial charge in [-0.2, -0.15) is 8.42 Å². The van der Waals surface area contributed by atoms with Gasteiger partial charge in [0, 0.05) is 13.0 Å². The molecule has 13 heteroatoms. The van der Waals surface area contributed by atoms with Crippen LogP contribution < -0.4 is 0 Å². The molecule has 0 aromatic rings. The molecule has 1 heterocycles. The molecule has 0 bridgehead atoms. The van der Waals surface area contributed by atoms with E-state index in [-0.39, 0.29) is 19.6 Å². The van der Waals surface area contributed by atoms with Crippen molar-refractivity contribution in [3.05, 3.63) is 36.5 Å². The molecule has 0 spiro atoms. The average Bonchev–Trinajstić information content (AvgIpc) is 3.19. The molecule has 58 heavy (non-hydrogen) atoms. The predicted octanol–water partition coefficient (Wildman–Crippen LogP) is 9.41. The van der Waals surface area contributed by atoms with E-state index in [4.69, 9.17) is 23.5 Å². The van der Waals surface area contributed by atoms with Crippen LogP contribution in [0.15, 0.2) is 36.5 Å². The number of allylic oxidation sites excluding steroid dienone is 6. The van der Waals surface area contributed by atoms with Gasteiger partial charge in [0.1, 0.15) is 30.5 Å². The van der Waals surface area contributed by atoms with Gasteiger partial charge >= 0.3 is 16.4 Å². The summed E-state index contributed by atoms with van der Waals surface area (Å²) in [4.78, 5) is 12.8. The number of carbonyl (C=O) groups excluding carboxylic acids is 1. The molecule has 4 N–H and O–H groups in total. The monoisotopic (exact) mass is 847 g/mol. The Balaban J connectivity index is 2.43. The molecule has 1 saturated heterocycles. The highest BCUT2D eigenvalue weighted by Crippen LogP contribution is 2.26. The summed E-state index contributed by atoms with van der Waals surface area (Å²) in [6, 6.07) is 0. The molecule has 0 aromatic carbocycles. The minimum atomic E-state index is -5.06. The molecular formula is C45H82O12S. The van der Waals surface area contributed by atoms with E-state index in [1.165, 1.54) is 83.5 Å². The van der Waals surface area contributed by atoms with Gasteiger partial charge in [-0.15, -0.1) is 0 Å². The van der Waals surface area contributed by atoms with E-state index in [1.54, 1.807) is 0 Å². The summed E-state index contributed by atoms with van der Waals surface area (Å²) in [5.41, 5.74) is 0. The lowest BCUT2D eigenvalue weighted by atomic mass is 9.99. The molecular weight excluding hydrogens is 765 g/mol. The Labute approximate surface area is 352 Å². The molecule has 6 unspecified atom stereocenters. The molecule has 340 valence electrons. The Hall–Kier alpha value is -1.68. The Bertz CT molecular complexity index is 1160. The third-order valence-corrected chi connectivity index (χ3v) is 10.7. The number of ether oxygens (including phenoxy) is 4. The van der Waals surface area contributed by atoms with Crippen LogP contribution in [0.3, 0.4) is 0 Å². The van der Waals surface area contributed by atoms with Gasteiger partial charge in [0.2, 0.25) is 0 Å². The van der Waals surface area contributed by atoms with Gasteiger partial charge in [-0.05, 0) is 44.9 Å². The fourth-order valence-electron chi connectivity index (χ4n) is 6.86. The standard InChI is InChI=1S/C45H82O12S/c1-3-5-7-9-11-13-15-17-19-21-23-25-27-29-31-33-35-53-37-39(38-54-45-43(49)44(57-58(50,51)52)42(48)40(36-46)56-45)55-41(47)34-32-30-28-26-24-22-20-18-16-14-12-10-8-6-4-2/h5,7,11,13,17,19,39-40,42-46,48-49H,3-4,6,8-10,12,14-16,18,20-38H2,1-2H3,(H,50,51,52)/b7-5-,13-11-,19-17-. The summed E-state index contributed by atoms with van der Waals surface area (Å²) in [7, 11) is -5.06. The molecule has 1 aliphatic heterocycles. The van der Waals surface area contributed by atoms with Crippen LogP contribution in [0.2, 0.25) is 0 Å². The summed E-state index contributed by atoms with van der Waals surface area (Å²) in [5, 5.41) is 30.6. The Morgan fingerprint density at radius 2 is 1.19 bits per heavy atom. The second kappa shape index (κ2) is 37.1. The highest BCUT2D eigenvalue weighted by molar-refractivity contribution is 7.80. The van der Waals surface area contributed by atoms with Crippen molar-refractivity contribution in [3.63, 3.8) is 0 Å². The van der Waals surface area contributed by atoms with Crippen LogP contribution in [-0.2, 0) is 38.3 Å². The smallest absolute Gasteiger partial charge is 0.397 e. The molecule has 0 radical (unpaired) electrons. The molecule has 1 rings (SSSR count). The van der Waals surface area contributed by atoms with Crippen LogP contribution in [0.5, 0.6) is 0 Å². The third-order valence-electron chi connectivity index (χ3n) is 10.3. The normalized spacial score (nSPS) is 20.8. The highest BCUT2D eigenvalue weighted by Gasteiger charge is 2.48. The van der Waals surface area contributed by atoms with E-state index in [9.17, 15) is 28.5 Å². The number of hydrogen-bond donors (Lipinski definition) is 4. The lowest BCUT2D eigenvalue weighted by Crippen LogP contribution is -2.60. The molecule has 1 aliphatic rings. The van der Waals surface area contributed by atoms with Gasteiger partial charge in [0.25, 0.3) is 0 Å². The summed E-state index contributed by atoms with van der Waals surface area (Å²) >= 11 is 0. The average molecular weight is 847 g/mol. The molecule has 12 nitrogen and oxygen atoms in total. The zero-order valence-electron chi connectivity index (χ0n) is 36.1. The zero-order valence-corrected chi connectivity index (χ0v) is 36.9. The summed E-state index contributed by atoms with van der Waals surface area (Å²) in [6.07, 6.45) is 33.2. The number of rotatable bonds is 39. The first-order valence-corrected chi connectivity index (χ1v) is 24.1. The van der Waals surface area contributed by atoms with Crippen LogP contribution in [-0.4, -0.2) is 97.5 Å². The number of carbonyl (C=O) groups is 1. The topological polar surface area (TPSA) is 178 Å². The van der Waals surface area contributed by atoms with E-state index in [1.807, 2.05) is 0 Å². The number of hydrogen-bond acceptors (Lipinski definition) is 11. The van der Waals surface area contributed by atoms with Crippen molar-refractivity contribution in [1.82, 2.24) is 0 Å². The van der Waals surface area contributed by atoms with Gasteiger partial charge in [-0.1, -0.05) is 166 Å². The van der Waals surface area contributed by atoms with Crippen LogP contribution in [0.25, 0.3) is 0 Å². The second-order valence-electron chi connectivity index (χ2n) is 15.6. The summed E-state index contributed by atoms with van der Waals surface area (Å²) < 4.78 is 59.0. The van der Waals surface area contributed by atoms with E-state index in [0.29, 0.717) is 13.0 Å². The molecule has 0 aromatic heterocycles. The molecule has 6 atom stereocenters. The predicted molar refractivity (Wildman–Crippen MR) is 230 cm³/mol. The maximum absolute atomic E-state index is 12.8. The zero-order chi connectivity index (χ0) is 42.5. The number of unbranched alkanes of at least 4 members (excludes halogenated alkanes) is 20. The van der Waals surface area contributed by atoms with Gasteiger partial charge in [-0.25, -0.2) is 4.18 Å². The van der Waals surface area contributed by atoms with E-state index < -0.39 is 59.8 Å². The van der Waals surface area contributed by atoms with Crippen molar-refractivity contribution >= 4 is 16.4 Å². The lowest BCUT2D eigenvalue weighted by molar-refractivity contribution is -0.301. The van der Waals surface area contributed by atoms with Gasteiger partial charge in [-0.3, -0.25) is 9.35 Å². The quantitative estimate of drug-likeness (QED) is 0.0200. The van der Waals surface area contributed by atoms with Crippen molar-refractivity contribution in [2.45, 2.75) is 218 Å². The molecule has 0 amide bonds. The minimum Gasteiger partial charge on any atom is -0.457 e. The Morgan fingerprint density at radius 1 is 0.672 bits per heavy atom. The summed E-state index contributed by atoms with van der Waals surface area (Å²) in [5.74, 6) is -0.403. The van der Waals surface area contributed by atoms with Crippen LogP contribution >= 0.6 is 0 Å². The Morgan fingerprint density at radius 3 is 1.74 bits per heavy atom. The number of esters is 1. The molecule has 0 saturated carbocycles. The highest BCUT2D eigenvalue weighted by atomic mass is 32.3. The van der Waals surface area contributed by atoms with Crippen molar-refractivity contribution < 1.29 is 56.2 Å². The maximum Gasteiger partial charge on any atom is 0.397 e. The van der Waals surface area contributed by atoms with Crippen LogP contribution in [0.1, 0.15) is 181 Å². The Kier molecular flexibility index (Phi) is 34.8. The van der Waals surface area contributed by atoms with E-state index >= 15 is 0 Å². The largest absolute Gasteiger partial charge is 0.457 e. The third kappa shape index (κ3) is 30.4. The lowest BCUT2D eigenvalue weighted by Gasteiger charge is -2.41. The van der Waals surface area contributed by atoms with Gasteiger partial charge in [0.15, 0.2) is 6.29 Å². The number of aliphatic hydroxyl groups excluding tert-OH is 3. The molecule has 0 aliphatic carbocycles. The van der Waals surface area contributed by atoms with Crippen LogP contribution in [0, 0.1) is 0 Å². The van der Waals surface area contributed by atoms with E-state index in [0.717, 1.165) is 70.6 Å². The first kappa shape index (κ1) is 54.3. The number of aliphatic hydroxyl groups is 3. The second-order valence-corrected chi connectivity index (χ2v) is 16.7. The first-order valence-electron chi connectivity index (χ1n) is 22.7. The first-order chi connectivity index (χ1) is 28.1. The summed E-state index contributed by atoms with van der Waals surface area (Å²) in [6.45, 7) is 3.86. The van der Waals surface area contributed by atoms with Crippen molar-refractivity contribution in [2.24, 2.45) is 0 Å². The van der Waals surface area contributed by atoms with Crippen molar-refractivity contribution in [2.75, 3.05) is 26.4 Å².